The molecule has 2 N–H and O–H groups in total. The van der Waals surface area contributed by atoms with Crippen molar-refractivity contribution in [1.82, 2.24) is 4.90 Å². The molecule has 4 nitrogen and oxygen atoms in total. The number of rotatable bonds is 6. The van der Waals surface area contributed by atoms with Gasteiger partial charge in [0.25, 0.3) is 0 Å². The van der Waals surface area contributed by atoms with Gasteiger partial charge >= 0.3 is 0 Å². The summed E-state index contributed by atoms with van der Waals surface area (Å²) in [5.74, 6) is 0.309. The number of benzene rings is 1. The molecule has 6 heteroatoms. The minimum Gasteiger partial charge on any atom is -0.373 e. The van der Waals surface area contributed by atoms with Crippen molar-refractivity contribution in [1.29, 1.82) is 0 Å². The van der Waals surface area contributed by atoms with E-state index in [4.69, 9.17) is 10.5 Å². The maximum Gasteiger partial charge on any atom is 0.248 e. The minimum absolute atomic E-state index is 0. The average molecular weight is 371 g/mol. The summed E-state index contributed by atoms with van der Waals surface area (Å²) >= 11 is 0. The standard InChI is InChI=1S/C19H27FN2O2.ClH/c1-24-19(15-6-2-5-14(11-15)18(21)23)16-7-3-8-17(19)13-22(12-16)10-4-9-20;/h2,5-6,11,16-17H,3-4,7-10,12-13H2,1H3,(H2,21,23);1H. The van der Waals surface area contributed by atoms with Crippen molar-refractivity contribution in [3.05, 3.63) is 35.4 Å². The van der Waals surface area contributed by atoms with Gasteiger partial charge in [-0.1, -0.05) is 18.6 Å². The number of ether oxygens (including phenoxy) is 1. The summed E-state index contributed by atoms with van der Waals surface area (Å²) < 4.78 is 18.7. The Labute approximate surface area is 155 Å². The second-order valence-electron chi connectivity index (χ2n) is 7.07. The van der Waals surface area contributed by atoms with Crippen LogP contribution in [-0.2, 0) is 10.3 Å². The monoisotopic (exact) mass is 370 g/mol. The smallest absolute Gasteiger partial charge is 0.248 e. The lowest BCUT2D eigenvalue weighted by molar-refractivity contribution is -0.169. The quantitative estimate of drug-likeness (QED) is 0.836. The zero-order chi connectivity index (χ0) is 17.2. The fraction of sp³-hybridized carbons (Fsp3) is 0.632. The van der Waals surface area contributed by atoms with Crippen LogP contribution < -0.4 is 5.73 Å². The number of fused-ring (bicyclic) bond motifs is 2. The molecule has 0 aromatic heterocycles. The molecule has 140 valence electrons. The van der Waals surface area contributed by atoms with Gasteiger partial charge in [-0.05, 0) is 37.0 Å². The molecule has 1 saturated carbocycles. The van der Waals surface area contributed by atoms with Gasteiger partial charge in [0.2, 0.25) is 5.91 Å². The first-order valence-corrected chi connectivity index (χ1v) is 8.85. The van der Waals surface area contributed by atoms with Crippen molar-refractivity contribution in [2.75, 3.05) is 33.4 Å². The number of likely N-dealkylation sites (tertiary alicyclic amines) is 1. The molecular formula is C19H28ClFN2O2. The molecule has 1 amide bonds. The van der Waals surface area contributed by atoms with Gasteiger partial charge in [0.1, 0.15) is 5.60 Å². The summed E-state index contributed by atoms with van der Waals surface area (Å²) in [6, 6.07) is 7.59. The van der Waals surface area contributed by atoms with E-state index in [1.807, 2.05) is 12.1 Å². The first kappa shape index (κ1) is 20.1. The number of amides is 1. The van der Waals surface area contributed by atoms with Gasteiger partial charge in [0.15, 0.2) is 0 Å². The third-order valence-corrected chi connectivity index (χ3v) is 5.82. The SMILES string of the molecule is COC1(c2cccc(C(N)=O)c2)C2CCCC1CN(CCCF)C2.Cl. The molecule has 1 aromatic carbocycles. The Morgan fingerprint density at radius 2 is 2.04 bits per heavy atom. The first-order valence-electron chi connectivity index (χ1n) is 8.85. The molecule has 25 heavy (non-hydrogen) atoms. The van der Waals surface area contributed by atoms with Crippen LogP contribution in [0.5, 0.6) is 0 Å². The zero-order valence-electron chi connectivity index (χ0n) is 14.7. The normalized spacial score (nSPS) is 29.0. The Bertz CT molecular complexity index is 585. The number of carbonyl (C=O) groups excluding carboxylic acids is 1. The Hall–Kier alpha value is -1.17. The van der Waals surface area contributed by atoms with Gasteiger partial charge < -0.3 is 15.4 Å². The molecule has 3 rings (SSSR count). The molecule has 1 aromatic rings. The van der Waals surface area contributed by atoms with E-state index in [0.29, 0.717) is 23.8 Å². The van der Waals surface area contributed by atoms with Crippen LogP contribution in [0.3, 0.4) is 0 Å². The fourth-order valence-corrected chi connectivity index (χ4v) is 4.83. The lowest BCUT2D eigenvalue weighted by atomic mass is 9.62. The Kier molecular flexibility index (Phi) is 6.83. The fourth-order valence-electron chi connectivity index (χ4n) is 4.83. The van der Waals surface area contributed by atoms with Gasteiger partial charge in [-0.3, -0.25) is 9.18 Å². The molecule has 0 spiro atoms. The lowest BCUT2D eigenvalue weighted by Gasteiger charge is -2.55. The van der Waals surface area contributed by atoms with Crippen molar-refractivity contribution >= 4 is 18.3 Å². The van der Waals surface area contributed by atoms with Crippen LogP contribution in [0.1, 0.15) is 41.6 Å². The van der Waals surface area contributed by atoms with Gasteiger partial charge in [-0.2, -0.15) is 0 Å². The van der Waals surface area contributed by atoms with E-state index in [1.165, 1.54) is 6.42 Å². The van der Waals surface area contributed by atoms with Crippen molar-refractivity contribution < 1.29 is 13.9 Å². The highest BCUT2D eigenvalue weighted by molar-refractivity contribution is 5.92. The molecule has 2 bridgehead atoms. The van der Waals surface area contributed by atoms with Gasteiger partial charge in [-0.15, -0.1) is 12.4 Å². The van der Waals surface area contributed by atoms with Gasteiger partial charge in [0, 0.05) is 44.1 Å². The first-order chi connectivity index (χ1) is 11.6. The summed E-state index contributed by atoms with van der Waals surface area (Å²) in [6.07, 6.45) is 3.98. The van der Waals surface area contributed by atoms with E-state index in [-0.39, 0.29) is 24.7 Å². The van der Waals surface area contributed by atoms with Crippen LogP contribution in [0, 0.1) is 11.8 Å². The number of methoxy groups -OCH3 is 1. The van der Waals surface area contributed by atoms with E-state index in [0.717, 1.165) is 38.0 Å². The maximum absolute atomic E-state index is 12.5. The number of hydrogen-bond acceptors (Lipinski definition) is 3. The molecule has 2 aliphatic rings. The molecule has 0 radical (unpaired) electrons. The van der Waals surface area contributed by atoms with E-state index in [9.17, 15) is 9.18 Å². The Morgan fingerprint density at radius 1 is 1.36 bits per heavy atom. The van der Waals surface area contributed by atoms with Crippen molar-refractivity contribution in [2.45, 2.75) is 31.3 Å². The molecule has 2 unspecified atom stereocenters. The minimum atomic E-state index is -0.409. The Balaban J connectivity index is 0.00000225. The summed E-state index contributed by atoms with van der Waals surface area (Å²) in [5, 5.41) is 0. The molecule has 1 aliphatic carbocycles. The summed E-state index contributed by atoms with van der Waals surface area (Å²) in [4.78, 5) is 14.0. The van der Waals surface area contributed by atoms with E-state index in [1.54, 1.807) is 13.2 Å². The van der Waals surface area contributed by atoms with Crippen LogP contribution in [0.4, 0.5) is 4.39 Å². The second kappa shape index (κ2) is 8.47. The zero-order valence-corrected chi connectivity index (χ0v) is 15.6. The van der Waals surface area contributed by atoms with Crippen molar-refractivity contribution in [2.24, 2.45) is 17.6 Å². The predicted molar refractivity (Wildman–Crippen MR) is 98.8 cm³/mol. The molecule has 1 aliphatic heterocycles. The highest BCUT2D eigenvalue weighted by Gasteiger charge is 2.53. The van der Waals surface area contributed by atoms with Crippen LogP contribution in [0.2, 0.25) is 0 Å². The van der Waals surface area contributed by atoms with Crippen LogP contribution >= 0.6 is 12.4 Å². The molecule has 1 heterocycles. The average Bonchev–Trinajstić information content (AvgIpc) is 2.59. The number of carbonyl (C=O) groups is 1. The van der Waals surface area contributed by atoms with Crippen LogP contribution in [0.15, 0.2) is 24.3 Å². The highest BCUT2D eigenvalue weighted by atomic mass is 35.5. The third kappa shape index (κ3) is 3.69. The maximum atomic E-state index is 12.5. The van der Waals surface area contributed by atoms with Crippen LogP contribution in [-0.4, -0.2) is 44.2 Å². The molecular weight excluding hydrogens is 343 g/mol. The summed E-state index contributed by atoms with van der Waals surface area (Å²) in [6.45, 7) is 2.39. The largest absolute Gasteiger partial charge is 0.373 e. The van der Waals surface area contributed by atoms with Crippen LogP contribution in [0.25, 0.3) is 0 Å². The molecule has 2 atom stereocenters. The van der Waals surface area contributed by atoms with E-state index >= 15 is 0 Å². The molecule has 2 fully saturated rings. The van der Waals surface area contributed by atoms with Gasteiger partial charge in [-0.25, -0.2) is 0 Å². The van der Waals surface area contributed by atoms with Crippen molar-refractivity contribution in [3.63, 3.8) is 0 Å². The second-order valence-corrected chi connectivity index (χ2v) is 7.07. The number of primary amides is 1. The molecule has 1 saturated heterocycles. The summed E-state index contributed by atoms with van der Waals surface area (Å²) in [5.41, 5.74) is 6.69. The summed E-state index contributed by atoms with van der Waals surface area (Å²) in [7, 11) is 1.78. The number of alkyl halides is 1. The number of nitrogens with zero attached hydrogens (tertiary/aromatic N) is 1. The van der Waals surface area contributed by atoms with E-state index in [2.05, 4.69) is 11.0 Å². The number of nitrogens with two attached hydrogens (primary N) is 1. The Morgan fingerprint density at radius 3 is 2.60 bits per heavy atom. The third-order valence-electron chi connectivity index (χ3n) is 5.82. The number of piperidine rings is 1. The van der Waals surface area contributed by atoms with Crippen molar-refractivity contribution in [3.8, 4) is 0 Å². The predicted octanol–water partition coefficient (Wildman–Crippen LogP) is 3.14. The number of hydrogen-bond donors (Lipinski definition) is 1. The highest BCUT2D eigenvalue weighted by Crippen LogP contribution is 2.51. The van der Waals surface area contributed by atoms with Gasteiger partial charge in [0.05, 0.1) is 6.67 Å². The topological polar surface area (TPSA) is 55.6 Å². The van der Waals surface area contributed by atoms with E-state index < -0.39 is 5.91 Å². The number of halogens is 2. The lowest BCUT2D eigenvalue weighted by Crippen LogP contribution is -2.59.